The predicted molar refractivity (Wildman–Crippen MR) is 93.4 cm³/mol. The average molecular weight is 309 g/mol. The van der Waals surface area contributed by atoms with E-state index in [-0.39, 0.29) is 12.6 Å². The first-order chi connectivity index (χ1) is 10.9. The number of hydrogen-bond acceptors (Lipinski definition) is 2. The molecule has 1 N–H and O–H groups in total. The van der Waals surface area contributed by atoms with Crippen LogP contribution in [0.5, 0.6) is 0 Å². The number of rotatable bonds is 4. The fourth-order valence-corrected chi connectivity index (χ4v) is 2.49. The van der Waals surface area contributed by atoms with E-state index in [0.717, 1.165) is 22.3 Å². The molecule has 23 heavy (non-hydrogen) atoms. The summed E-state index contributed by atoms with van der Waals surface area (Å²) >= 11 is 0. The van der Waals surface area contributed by atoms with E-state index in [0.29, 0.717) is 10.0 Å². The van der Waals surface area contributed by atoms with Crippen molar-refractivity contribution in [3.8, 4) is 0 Å². The van der Waals surface area contributed by atoms with Crippen molar-refractivity contribution < 1.29 is 9.53 Å². The van der Waals surface area contributed by atoms with Crippen molar-refractivity contribution in [2.24, 2.45) is 0 Å². The molecule has 1 aromatic heterocycles. The first kappa shape index (κ1) is 15.3. The largest absolute Gasteiger partial charge is 0.456 e. The molecule has 0 saturated carbocycles. The molecule has 3 rings (SSSR count). The normalized spacial score (nSPS) is 11.6. The molecule has 0 amide bonds. The Hall–Kier alpha value is -2.59. The minimum absolute atomic E-state index is 0.238. The van der Waals surface area contributed by atoms with Gasteiger partial charge >= 0.3 is 5.97 Å². The summed E-state index contributed by atoms with van der Waals surface area (Å²) in [4.78, 5) is 15.5. The molecule has 0 radical (unpaired) electrons. The average Bonchev–Trinajstić information content (AvgIpc) is 2.95. The van der Waals surface area contributed by atoms with Gasteiger partial charge in [0, 0.05) is 11.6 Å². The fraction of sp³-hybridized carbons (Fsp3) is 0.211. The Bertz CT molecular complexity index is 811. The van der Waals surface area contributed by atoms with E-state index >= 15 is 0 Å². The van der Waals surface area contributed by atoms with Gasteiger partial charge in [-0.1, -0.05) is 24.3 Å². The summed E-state index contributed by atoms with van der Waals surface area (Å²) < 4.78 is 6.09. The molecule has 0 atom stereocenters. The molecular formula is C19H21N2O2+. The van der Waals surface area contributed by atoms with Crippen molar-refractivity contribution in [1.29, 1.82) is 0 Å². The van der Waals surface area contributed by atoms with Crippen LogP contribution >= 0.6 is 0 Å². The van der Waals surface area contributed by atoms with Crippen molar-refractivity contribution in [1.82, 2.24) is 9.47 Å². The molecule has 0 aliphatic heterocycles. The Balaban J connectivity index is 1.72. The highest BCUT2D eigenvalue weighted by Crippen LogP contribution is 2.20. The van der Waals surface area contributed by atoms with Crippen LogP contribution in [0.1, 0.15) is 16.1 Å². The molecule has 0 spiro atoms. The molecular weight excluding hydrogens is 288 g/mol. The number of hydrogen-bond donors (Lipinski definition) is 1. The van der Waals surface area contributed by atoms with Crippen LogP contribution in [0.25, 0.3) is 10.9 Å². The fourth-order valence-electron chi connectivity index (χ4n) is 2.49. The van der Waals surface area contributed by atoms with Crippen LogP contribution in [0, 0.1) is 0 Å². The number of quaternary nitrogens is 1. The van der Waals surface area contributed by atoms with Crippen LogP contribution in [0.15, 0.2) is 54.6 Å². The van der Waals surface area contributed by atoms with E-state index in [1.54, 1.807) is 6.07 Å². The van der Waals surface area contributed by atoms with Crippen molar-refractivity contribution in [3.05, 3.63) is 65.9 Å². The smallest absolute Gasteiger partial charge is 0.338 e. The van der Waals surface area contributed by atoms with Gasteiger partial charge in [-0.2, -0.15) is 0 Å². The Morgan fingerprint density at radius 1 is 1.04 bits per heavy atom. The second-order valence-corrected chi connectivity index (χ2v) is 6.52. The van der Waals surface area contributed by atoms with Crippen LogP contribution in [-0.4, -0.2) is 32.1 Å². The minimum Gasteiger partial charge on any atom is -0.456 e. The van der Waals surface area contributed by atoms with Crippen LogP contribution in [0.2, 0.25) is 0 Å². The number of nitrogens with zero attached hydrogens (tertiary/aromatic N) is 1. The first-order valence-electron chi connectivity index (χ1n) is 7.59. The maximum absolute atomic E-state index is 12.3. The molecule has 0 unspecified atom stereocenters. The van der Waals surface area contributed by atoms with Gasteiger partial charge in [0.1, 0.15) is 12.3 Å². The lowest BCUT2D eigenvalue weighted by Gasteiger charge is -2.23. The van der Waals surface area contributed by atoms with E-state index in [1.165, 1.54) is 0 Å². The van der Waals surface area contributed by atoms with Crippen LogP contribution in [0.3, 0.4) is 0 Å². The van der Waals surface area contributed by atoms with Gasteiger partial charge in [0.15, 0.2) is 0 Å². The second-order valence-electron chi connectivity index (χ2n) is 6.52. The zero-order chi connectivity index (χ0) is 16.4. The highest BCUT2D eigenvalue weighted by Gasteiger charge is 2.16. The Kier molecular flexibility index (Phi) is 3.92. The van der Waals surface area contributed by atoms with Crippen molar-refractivity contribution in [2.45, 2.75) is 6.61 Å². The monoisotopic (exact) mass is 309 g/mol. The Labute approximate surface area is 135 Å². The van der Waals surface area contributed by atoms with E-state index in [9.17, 15) is 4.79 Å². The number of nitrogens with one attached hydrogen (secondary N) is 1. The van der Waals surface area contributed by atoms with Gasteiger partial charge in [0.05, 0.1) is 32.4 Å². The van der Waals surface area contributed by atoms with Gasteiger partial charge in [-0.05, 0) is 29.7 Å². The van der Waals surface area contributed by atoms with Gasteiger partial charge in [0.25, 0.3) is 0 Å². The molecule has 0 bridgehead atoms. The molecule has 118 valence electrons. The number of ether oxygens (including phenoxy) is 1. The summed E-state index contributed by atoms with van der Waals surface area (Å²) in [5.41, 5.74) is 3.57. The van der Waals surface area contributed by atoms with Crippen LogP contribution in [0.4, 0.5) is 5.69 Å². The number of esters is 1. The minimum atomic E-state index is -0.307. The third-order valence-corrected chi connectivity index (χ3v) is 3.80. The SMILES string of the molecule is C[N+](C)(C)c1cccc(C(=O)OCc2cc3ccccc3[nH]2)c1. The number of aromatic nitrogens is 1. The third-order valence-electron chi connectivity index (χ3n) is 3.80. The molecule has 0 saturated heterocycles. The quantitative estimate of drug-likeness (QED) is 0.589. The topological polar surface area (TPSA) is 42.1 Å². The predicted octanol–water partition coefficient (Wildman–Crippen LogP) is 3.72. The zero-order valence-electron chi connectivity index (χ0n) is 13.7. The van der Waals surface area contributed by atoms with Crippen LogP contribution < -0.4 is 4.48 Å². The first-order valence-corrected chi connectivity index (χ1v) is 7.59. The molecule has 0 aliphatic rings. The molecule has 0 fully saturated rings. The van der Waals surface area contributed by atoms with Gasteiger partial charge in [-0.15, -0.1) is 0 Å². The molecule has 4 heteroatoms. The van der Waals surface area contributed by atoms with Crippen molar-refractivity contribution >= 4 is 22.6 Å². The third kappa shape index (κ3) is 3.43. The lowest BCUT2D eigenvalue weighted by atomic mass is 10.2. The van der Waals surface area contributed by atoms with Gasteiger partial charge in [0.2, 0.25) is 0 Å². The number of aromatic amines is 1. The number of para-hydroxylation sites is 1. The summed E-state index contributed by atoms with van der Waals surface area (Å²) in [6, 6.07) is 17.6. The number of carbonyl (C=O) groups is 1. The van der Waals surface area contributed by atoms with Gasteiger partial charge < -0.3 is 9.72 Å². The van der Waals surface area contributed by atoms with E-state index in [2.05, 4.69) is 26.1 Å². The lowest BCUT2D eigenvalue weighted by molar-refractivity contribution is 0.0468. The van der Waals surface area contributed by atoms with E-state index in [1.807, 2.05) is 48.5 Å². The molecule has 2 aromatic carbocycles. The number of carbonyl (C=O) groups excluding carboxylic acids is 1. The molecule has 0 aliphatic carbocycles. The standard InChI is InChI=1S/C19H21N2O2/c1-21(2,3)17-9-6-8-15(12-17)19(22)23-13-16-11-14-7-4-5-10-18(14)20-16/h4-12,20H,13H2,1-3H3/q+1. The lowest BCUT2D eigenvalue weighted by Crippen LogP contribution is -2.34. The molecule has 3 aromatic rings. The number of fused-ring (bicyclic) bond motifs is 1. The summed E-state index contributed by atoms with van der Waals surface area (Å²) in [6.07, 6.45) is 0. The van der Waals surface area contributed by atoms with E-state index in [4.69, 9.17) is 4.74 Å². The maximum Gasteiger partial charge on any atom is 0.338 e. The Morgan fingerprint density at radius 2 is 1.83 bits per heavy atom. The summed E-state index contributed by atoms with van der Waals surface area (Å²) in [5, 5.41) is 1.12. The maximum atomic E-state index is 12.3. The van der Waals surface area contributed by atoms with E-state index < -0.39 is 0 Å². The summed E-state index contributed by atoms with van der Waals surface area (Å²) in [5.74, 6) is -0.307. The highest BCUT2D eigenvalue weighted by atomic mass is 16.5. The van der Waals surface area contributed by atoms with Crippen molar-refractivity contribution in [2.75, 3.05) is 21.1 Å². The second kappa shape index (κ2) is 5.89. The number of benzene rings is 2. The van der Waals surface area contributed by atoms with Gasteiger partial charge in [-0.3, -0.25) is 4.48 Å². The summed E-state index contributed by atoms with van der Waals surface area (Å²) in [7, 11) is 6.19. The summed E-state index contributed by atoms with van der Waals surface area (Å²) in [6.45, 7) is 0.238. The zero-order valence-corrected chi connectivity index (χ0v) is 13.7. The molecule has 1 heterocycles. The van der Waals surface area contributed by atoms with Crippen LogP contribution in [-0.2, 0) is 11.3 Å². The number of H-pyrrole nitrogens is 1. The Morgan fingerprint density at radius 3 is 2.57 bits per heavy atom. The van der Waals surface area contributed by atoms with Gasteiger partial charge in [-0.25, -0.2) is 4.79 Å². The van der Waals surface area contributed by atoms with Crippen molar-refractivity contribution in [3.63, 3.8) is 0 Å². The molecule has 4 nitrogen and oxygen atoms in total. The highest BCUT2D eigenvalue weighted by molar-refractivity contribution is 5.90.